The predicted octanol–water partition coefficient (Wildman–Crippen LogP) is 2.63. The van der Waals surface area contributed by atoms with E-state index >= 15 is 0 Å². The van der Waals surface area contributed by atoms with E-state index in [2.05, 4.69) is 24.1 Å². The topological polar surface area (TPSA) is 43.4 Å². The van der Waals surface area contributed by atoms with Gasteiger partial charge in [-0.2, -0.15) is 0 Å². The van der Waals surface area contributed by atoms with E-state index in [1.54, 1.807) is 6.20 Å². The molecular weight excluding hydrogens is 240 g/mol. The molecule has 0 spiro atoms. The van der Waals surface area contributed by atoms with Crippen molar-refractivity contribution in [3.8, 4) is 5.75 Å². The molecule has 0 saturated heterocycles. The molecule has 1 rings (SSSR count). The van der Waals surface area contributed by atoms with Gasteiger partial charge in [-0.3, -0.25) is 4.98 Å². The van der Waals surface area contributed by atoms with Crippen molar-refractivity contribution in [3.05, 3.63) is 24.0 Å². The highest BCUT2D eigenvalue weighted by molar-refractivity contribution is 5.22. The molecule has 0 aliphatic rings. The van der Waals surface area contributed by atoms with Crippen LogP contribution in [0.3, 0.4) is 0 Å². The fourth-order valence-corrected chi connectivity index (χ4v) is 1.57. The summed E-state index contributed by atoms with van der Waals surface area (Å²) >= 11 is 0. The molecule has 4 nitrogen and oxygen atoms in total. The maximum atomic E-state index is 5.63. The van der Waals surface area contributed by atoms with Gasteiger partial charge in [-0.05, 0) is 32.4 Å². The molecule has 0 unspecified atom stereocenters. The van der Waals surface area contributed by atoms with Crippen LogP contribution in [0.5, 0.6) is 5.75 Å². The lowest BCUT2D eigenvalue weighted by molar-refractivity contribution is 0.0552. The second-order valence-electron chi connectivity index (χ2n) is 5.28. The van der Waals surface area contributed by atoms with E-state index in [4.69, 9.17) is 9.47 Å². The lowest BCUT2D eigenvalue weighted by Crippen LogP contribution is -2.19. The van der Waals surface area contributed by atoms with Crippen molar-refractivity contribution in [2.75, 3.05) is 19.8 Å². The van der Waals surface area contributed by atoms with Crippen molar-refractivity contribution in [2.45, 2.75) is 40.3 Å². The first-order chi connectivity index (χ1) is 9.08. The minimum atomic E-state index is 0.247. The number of hydrogen-bond donors (Lipinski definition) is 1. The van der Waals surface area contributed by atoms with Crippen LogP contribution in [0, 0.1) is 5.92 Å². The van der Waals surface area contributed by atoms with Crippen molar-refractivity contribution in [2.24, 2.45) is 5.92 Å². The van der Waals surface area contributed by atoms with Gasteiger partial charge in [0.15, 0.2) is 0 Å². The standard InChI is InChI=1S/C15H26N2O2/c1-12(2)10-16-11-14-9-15(5-6-17-14)19-8-7-18-13(3)4/h5-6,9,12-13,16H,7-8,10-11H2,1-4H3. The Morgan fingerprint density at radius 3 is 2.68 bits per heavy atom. The normalized spacial score (nSPS) is 11.3. The van der Waals surface area contributed by atoms with Gasteiger partial charge in [0, 0.05) is 18.8 Å². The average Bonchev–Trinajstić information content (AvgIpc) is 2.34. The summed E-state index contributed by atoms with van der Waals surface area (Å²) in [5.41, 5.74) is 1.00. The fourth-order valence-electron chi connectivity index (χ4n) is 1.57. The second-order valence-corrected chi connectivity index (χ2v) is 5.28. The Labute approximate surface area is 116 Å². The number of hydrogen-bond acceptors (Lipinski definition) is 4. The van der Waals surface area contributed by atoms with Crippen molar-refractivity contribution in [3.63, 3.8) is 0 Å². The summed E-state index contributed by atoms with van der Waals surface area (Å²) in [4.78, 5) is 4.32. The van der Waals surface area contributed by atoms with Crippen molar-refractivity contribution >= 4 is 0 Å². The maximum absolute atomic E-state index is 5.63. The van der Waals surface area contributed by atoms with Crippen LogP contribution in [-0.4, -0.2) is 30.8 Å². The summed E-state index contributed by atoms with van der Waals surface area (Å²) in [5.74, 6) is 1.50. The van der Waals surface area contributed by atoms with Gasteiger partial charge < -0.3 is 14.8 Å². The van der Waals surface area contributed by atoms with Gasteiger partial charge in [0.05, 0.1) is 18.4 Å². The summed E-state index contributed by atoms with van der Waals surface area (Å²) in [5, 5.41) is 3.37. The van der Waals surface area contributed by atoms with Gasteiger partial charge in [-0.1, -0.05) is 13.8 Å². The van der Waals surface area contributed by atoms with Gasteiger partial charge in [0.2, 0.25) is 0 Å². The van der Waals surface area contributed by atoms with Gasteiger partial charge in [-0.25, -0.2) is 0 Å². The van der Waals surface area contributed by atoms with Crippen molar-refractivity contribution in [1.82, 2.24) is 10.3 Å². The number of aromatic nitrogens is 1. The molecule has 1 N–H and O–H groups in total. The third-order valence-corrected chi connectivity index (χ3v) is 2.45. The lowest BCUT2D eigenvalue weighted by Gasteiger charge is -2.10. The van der Waals surface area contributed by atoms with Gasteiger partial charge in [-0.15, -0.1) is 0 Å². The Kier molecular flexibility index (Phi) is 7.45. The molecule has 1 aromatic heterocycles. The molecule has 0 radical (unpaired) electrons. The van der Waals surface area contributed by atoms with Crippen LogP contribution in [0.15, 0.2) is 18.3 Å². The molecule has 0 aromatic carbocycles. The summed E-state index contributed by atoms with van der Waals surface area (Å²) in [6, 6.07) is 3.85. The maximum Gasteiger partial charge on any atom is 0.122 e. The summed E-state index contributed by atoms with van der Waals surface area (Å²) in [6.45, 7) is 11.4. The monoisotopic (exact) mass is 266 g/mol. The number of ether oxygens (including phenoxy) is 2. The molecule has 0 fully saturated rings. The largest absolute Gasteiger partial charge is 0.491 e. The van der Waals surface area contributed by atoms with Gasteiger partial charge in [0.25, 0.3) is 0 Å². The molecule has 0 amide bonds. The smallest absolute Gasteiger partial charge is 0.122 e. The molecule has 108 valence electrons. The highest BCUT2D eigenvalue weighted by atomic mass is 16.5. The fraction of sp³-hybridized carbons (Fsp3) is 0.667. The van der Waals surface area contributed by atoms with Crippen LogP contribution in [0.1, 0.15) is 33.4 Å². The van der Waals surface area contributed by atoms with E-state index < -0.39 is 0 Å². The molecule has 0 saturated carbocycles. The SMILES string of the molecule is CC(C)CNCc1cc(OCCOC(C)C)ccn1. The van der Waals surface area contributed by atoms with Crippen LogP contribution in [0.25, 0.3) is 0 Å². The Bertz CT molecular complexity index is 354. The number of nitrogens with one attached hydrogen (secondary N) is 1. The zero-order valence-electron chi connectivity index (χ0n) is 12.5. The number of rotatable bonds is 9. The van der Waals surface area contributed by atoms with E-state index in [0.29, 0.717) is 19.1 Å². The van der Waals surface area contributed by atoms with Crippen LogP contribution >= 0.6 is 0 Å². The van der Waals surface area contributed by atoms with Gasteiger partial charge >= 0.3 is 0 Å². The van der Waals surface area contributed by atoms with Crippen molar-refractivity contribution < 1.29 is 9.47 Å². The van der Waals surface area contributed by atoms with E-state index in [-0.39, 0.29) is 6.10 Å². The molecule has 0 aliphatic carbocycles. The highest BCUT2D eigenvalue weighted by Gasteiger charge is 2.00. The molecule has 0 atom stereocenters. The first-order valence-electron chi connectivity index (χ1n) is 6.98. The second kappa shape index (κ2) is 8.88. The minimum absolute atomic E-state index is 0.247. The van der Waals surface area contributed by atoms with Crippen LogP contribution in [-0.2, 0) is 11.3 Å². The van der Waals surface area contributed by atoms with Gasteiger partial charge in [0.1, 0.15) is 12.4 Å². The molecular formula is C15H26N2O2. The Morgan fingerprint density at radius 2 is 2.00 bits per heavy atom. The first kappa shape index (κ1) is 15.9. The van der Waals surface area contributed by atoms with Crippen LogP contribution in [0.2, 0.25) is 0 Å². The molecule has 0 aliphatic heterocycles. The molecule has 19 heavy (non-hydrogen) atoms. The van der Waals surface area contributed by atoms with E-state index in [9.17, 15) is 0 Å². The van der Waals surface area contributed by atoms with E-state index in [0.717, 1.165) is 24.5 Å². The highest BCUT2D eigenvalue weighted by Crippen LogP contribution is 2.10. The Hall–Kier alpha value is -1.13. The Morgan fingerprint density at radius 1 is 1.21 bits per heavy atom. The third kappa shape index (κ3) is 7.80. The average molecular weight is 266 g/mol. The quantitative estimate of drug-likeness (QED) is 0.698. The lowest BCUT2D eigenvalue weighted by atomic mass is 10.2. The summed E-state index contributed by atoms with van der Waals surface area (Å²) < 4.78 is 11.1. The van der Waals surface area contributed by atoms with Crippen LogP contribution < -0.4 is 10.1 Å². The van der Waals surface area contributed by atoms with Crippen LogP contribution in [0.4, 0.5) is 0 Å². The molecule has 0 bridgehead atoms. The first-order valence-corrected chi connectivity index (χ1v) is 6.98. The summed E-state index contributed by atoms with van der Waals surface area (Å²) in [6.07, 6.45) is 2.03. The third-order valence-electron chi connectivity index (χ3n) is 2.45. The molecule has 1 heterocycles. The van der Waals surface area contributed by atoms with E-state index in [1.165, 1.54) is 0 Å². The summed E-state index contributed by atoms with van der Waals surface area (Å²) in [7, 11) is 0. The molecule has 4 heteroatoms. The minimum Gasteiger partial charge on any atom is -0.491 e. The van der Waals surface area contributed by atoms with E-state index in [1.807, 2.05) is 26.0 Å². The number of nitrogens with zero attached hydrogens (tertiary/aromatic N) is 1. The molecule has 1 aromatic rings. The Balaban J connectivity index is 2.31. The zero-order valence-corrected chi connectivity index (χ0v) is 12.5. The predicted molar refractivity (Wildman–Crippen MR) is 77.4 cm³/mol. The number of pyridine rings is 1. The zero-order chi connectivity index (χ0) is 14.1. The van der Waals surface area contributed by atoms with Crippen molar-refractivity contribution in [1.29, 1.82) is 0 Å².